The van der Waals surface area contributed by atoms with E-state index in [1.165, 1.54) is 34.9 Å². The van der Waals surface area contributed by atoms with Crippen molar-refractivity contribution in [3.8, 4) is 11.4 Å². The van der Waals surface area contributed by atoms with Crippen LogP contribution >= 0.6 is 0 Å². The minimum Gasteiger partial charge on any atom is -0.458 e. The molecule has 0 bridgehead atoms. The standard InChI is InChI=1S/C53H51FN8O13/c1-3-53(72)35-20-39-48-33(25-61(39)51(70)34(35)26-75-52(53)71)47-40(13-12-32-28(2)36(54)21-37(60-48)46(32)47)74-17-16-73-27-58-42(64)23-57-50(69)38(18-29-8-5-4-6-9-29)59-43(65)24-55-41(63)22-56-49(68)30-10-7-11-31(19-30)62-44(66)14-15-45(62)67/h4-11,14-15,19-21,38,40,72H,3,12-13,16-18,22-27H2,1-2H3,(H,55,63)(H,56,68)(H,57,69)(H,58,64)(H,59,65)/t38-,40+,53-/m0/s1. The van der Waals surface area contributed by atoms with Crippen molar-refractivity contribution >= 4 is 63.9 Å². The van der Waals surface area contributed by atoms with Crippen LogP contribution in [0.25, 0.3) is 22.3 Å². The Balaban J connectivity index is 0.756. The molecule has 5 aromatic rings. The van der Waals surface area contributed by atoms with Crippen molar-refractivity contribution < 1.29 is 62.1 Å². The number of pyridine rings is 2. The highest BCUT2D eigenvalue weighted by molar-refractivity contribution is 6.28. The van der Waals surface area contributed by atoms with Crippen molar-refractivity contribution in [1.82, 2.24) is 36.1 Å². The van der Waals surface area contributed by atoms with Crippen LogP contribution in [0.15, 0.2) is 83.7 Å². The maximum Gasteiger partial charge on any atom is 0.343 e. The molecule has 0 saturated heterocycles. The number of aliphatic hydroxyl groups is 1. The summed E-state index contributed by atoms with van der Waals surface area (Å²) in [5, 5.41) is 24.5. The van der Waals surface area contributed by atoms with E-state index in [0.717, 1.165) is 33.6 Å². The molecule has 0 saturated carbocycles. The zero-order chi connectivity index (χ0) is 53.1. The van der Waals surface area contributed by atoms with E-state index in [-0.39, 0.29) is 68.3 Å². The number of benzene rings is 3. The van der Waals surface area contributed by atoms with Crippen LogP contribution in [-0.2, 0) is 79.4 Å². The first-order valence-electron chi connectivity index (χ1n) is 24.2. The molecule has 22 heteroatoms. The van der Waals surface area contributed by atoms with Crippen molar-refractivity contribution in [2.24, 2.45) is 0 Å². The number of halogens is 1. The number of esters is 1. The summed E-state index contributed by atoms with van der Waals surface area (Å²) in [6.07, 6.45) is 2.69. The lowest BCUT2D eigenvalue weighted by Crippen LogP contribution is -2.52. The third-order valence-electron chi connectivity index (χ3n) is 13.6. The average molecular weight is 1030 g/mol. The van der Waals surface area contributed by atoms with Crippen LogP contribution in [0.1, 0.15) is 75.2 Å². The molecule has 1 aliphatic carbocycles. The number of amides is 7. The number of cyclic esters (lactones) is 1. The Kier molecular flexibility index (Phi) is 14.8. The van der Waals surface area contributed by atoms with Crippen LogP contribution in [0.2, 0.25) is 0 Å². The largest absolute Gasteiger partial charge is 0.458 e. The summed E-state index contributed by atoms with van der Waals surface area (Å²) < 4.78 is 34.2. The Morgan fingerprint density at radius 3 is 2.36 bits per heavy atom. The molecule has 2 aromatic heterocycles. The number of aryl methyl sites for hydroxylation is 1. The van der Waals surface area contributed by atoms with Crippen LogP contribution in [0.3, 0.4) is 0 Å². The Bertz CT molecular complexity index is 3290. The highest BCUT2D eigenvalue weighted by atomic mass is 19.1. The van der Waals surface area contributed by atoms with Gasteiger partial charge in [-0.1, -0.05) is 43.3 Å². The molecule has 0 spiro atoms. The quantitative estimate of drug-likeness (QED) is 0.0290. The van der Waals surface area contributed by atoms with Gasteiger partial charge in [-0.3, -0.25) is 38.4 Å². The first-order valence-corrected chi connectivity index (χ1v) is 24.2. The molecule has 7 amide bonds. The van der Waals surface area contributed by atoms with Crippen LogP contribution in [0, 0.1) is 12.7 Å². The fourth-order valence-electron chi connectivity index (χ4n) is 9.73. The average Bonchev–Trinajstić information content (AvgIpc) is 3.97. The molecule has 0 unspecified atom stereocenters. The summed E-state index contributed by atoms with van der Waals surface area (Å²) in [5.41, 5.74) is 2.75. The Labute approximate surface area is 426 Å². The normalized spacial score (nSPS) is 17.4. The smallest absolute Gasteiger partial charge is 0.343 e. The van der Waals surface area contributed by atoms with E-state index < -0.39 is 96.1 Å². The lowest BCUT2D eigenvalue weighted by atomic mass is 9.82. The number of rotatable bonds is 19. The summed E-state index contributed by atoms with van der Waals surface area (Å²) >= 11 is 0. The van der Waals surface area contributed by atoms with Crippen LogP contribution in [0.5, 0.6) is 0 Å². The van der Waals surface area contributed by atoms with Crippen molar-refractivity contribution in [3.63, 3.8) is 0 Å². The van der Waals surface area contributed by atoms with E-state index in [2.05, 4.69) is 26.6 Å². The summed E-state index contributed by atoms with van der Waals surface area (Å²) in [6, 6.07) is 16.3. The highest BCUT2D eigenvalue weighted by Crippen LogP contribution is 2.47. The van der Waals surface area contributed by atoms with E-state index in [0.29, 0.717) is 46.4 Å². The van der Waals surface area contributed by atoms with Gasteiger partial charge in [0, 0.05) is 46.7 Å². The number of aromatic nitrogens is 2. The number of hydrogen-bond donors (Lipinski definition) is 6. The van der Waals surface area contributed by atoms with Gasteiger partial charge >= 0.3 is 5.97 Å². The zero-order valence-corrected chi connectivity index (χ0v) is 40.7. The molecule has 0 radical (unpaired) electrons. The SMILES string of the molecule is CC[C@@]1(O)C(=O)OCc2c1cc1n(c2=O)Cc2c-1nc1cc(F)c(C)c3c1c2[C@H](OCCOCNC(=O)CNC(=O)[C@H](Cc1ccccc1)NC(=O)CNC(=O)CNC(=O)c1cccc(N2C(=O)C=CC2=O)c1)CC3. The predicted molar refractivity (Wildman–Crippen MR) is 264 cm³/mol. The van der Waals surface area contributed by atoms with Crippen LogP contribution in [-0.4, -0.2) is 108 Å². The second kappa shape index (κ2) is 21.5. The number of carbonyl (C=O) groups excluding carboxylic acids is 8. The van der Waals surface area contributed by atoms with Gasteiger partial charge in [0.25, 0.3) is 23.3 Å². The predicted octanol–water partition coefficient (Wildman–Crippen LogP) is 1.44. The number of ether oxygens (including phenoxy) is 3. The minimum atomic E-state index is -2.02. The Hall–Kier alpha value is -8.47. The molecule has 4 aliphatic rings. The number of nitrogens with zero attached hydrogens (tertiary/aromatic N) is 3. The molecule has 388 valence electrons. The molecule has 21 nitrogen and oxygen atoms in total. The van der Waals surface area contributed by atoms with E-state index in [4.69, 9.17) is 19.2 Å². The van der Waals surface area contributed by atoms with Crippen molar-refractivity contribution in [2.45, 2.75) is 70.4 Å². The van der Waals surface area contributed by atoms with Gasteiger partial charge in [0.05, 0.1) is 73.7 Å². The highest BCUT2D eigenvalue weighted by Gasteiger charge is 2.46. The van der Waals surface area contributed by atoms with Gasteiger partial charge in [0.15, 0.2) is 5.60 Å². The zero-order valence-electron chi connectivity index (χ0n) is 40.7. The third kappa shape index (κ3) is 10.4. The minimum absolute atomic E-state index is 0.0244. The molecule has 0 fully saturated rings. The summed E-state index contributed by atoms with van der Waals surface area (Å²) in [4.78, 5) is 121. The van der Waals surface area contributed by atoms with E-state index in [1.807, 2.05) is 0 Å². The van der Waals surface area contributed by atoms with Gasteiger partial charge in [-0.25, -0.2) is 19.1 Å². The lowest BCUT2D eigenvalue weighted by molar-refractivity contribution is -0.172. The van der Waals surface area contributed by atoms with E-state index in [1.54, 1.807) is 50.2 Å². The molecule has 3 aliphatic heterocycles. The van der Waals surface area contributed by atoms with Gasteiger partial charge in [-0.15, -0.1) is 0 Å². The molecule has 5 heterocycles. The number of anilines is 1. The number of hydrogen-bond acceptors (Lipinski definition) is 14. The van der Waals surface area contributed by atoms with E-state index in [9.17, 15) is 48.3 Å². The molecule has 9 rings (SSSR count). The van der Waals surface area contributed by atoms with Crippen LogP contribution < -0.4 is 37.0 Å². The van der Waals surface area contributed by atoms with Gasteiger partial charge in [-0.05, 0) is 72.7 Å². The summed E-state index contributed by atoms with van der Waals surface area (Å²) in [7, 11) is 0. The monoisotopic (exact) mass is 1030 g/mol. The molecule has 6 N–H and O–H groups in total. The number of nitrogens with one attached hydrogen (secondary N) is 5. The molecular weight excluding hydrogens is 976 g/mol. The van der Waals surface area contributed by atoms with Crippen molar-refractivity contribution in [1.29, 1.82) is 0 Å². The first kappa shape index (κ1) is 51.4. The fraction of sp³-hybridized carbons (Fsp3) is 0.321. The van der Waals surface area contributed by atoms with Crippen molar-refractivity contribution in [2.75, 3.05) is 44.5 Å². The Morgan fingerprint density at radius 2 is 1.60 bits per heavy atom. The maximum atomic E-state index is 15.3. The van der Waals surface area contributed by atoms with Crippen LogP contribution in [0.4, 0.5) is 10.1 Å². The van der Waals surface area contributed by atoms with Gasteiger partial charge < -0.3 is 50.5 Å². The number of imide groups is 1. The van der Waals surface area contributed by atoms with E-state index >= 15 is 4.39 Å². The fourth-order valence-corrected chi connectivity index (χ4v) is 9.73. The second-order valence-electron chi connectivity index (χ2n) is 18.2. The third-order valence-corrected chi connectivity index (χ3v) is 13.6. The number of carbonyl (C=O) groups is 8. The van der Waals surface area contributed by atoms with Crippen molar-refractivity contribution in [3.05, 3.63) is 140 Å². The number of fused-ring (bicyclic) bond motifs is 5. The maximum absolute atomic E-state index is 15.3. The Morgan fingerprint density at radius 1 is 0.867 bits per heavy atom. The van der Waals surface area contributed by atoms with Gasteiger partial charge in [-0.2, -0.15) is 0 Å². The second-order valence-corrected chi connectivity index (χ2v) is 18.2. The summed E-state index contributed by atoms with van der Waals surface area (Å²) in [5.74, 6) is -5.81. The molecule has 3 aromatic carbocycles. The van der Waals surface area contributed by atoms with Gasteiger partial charge in [0.2, 0.25) is 23.6 Å². The lowest BCUT2D eigenvalue weighted by Gasteiger charge is -2.31. The van der Waals surface area contributed by atoms with Gasteiger partial charge in [0.1, 0.15) is 25.2 Å². The summed E-state index contributed by atoms with van der Waals surface area (Å²) in [6.45, 7) is 1.49. The molecular formula is C53H51FN8O13. The first-order chi connectivity index (χ1) is 36.1. The molecule has 75 heavy (non-hydrogen) atoms. The molecule has 3 atom stereocenters. The topological polar surface area (TPSA) is 283 Å².